The first-order valence-corrected chi connectivity index (χ1v) is 6.42. The van der Waals surface area contributed by atoms with E-state index < -0.39 is 17.0 Å². The molecule has 2 unspecified atom stereocenters. The number of primary amides is 1. The summed E-state index contributed by atoms with van der Waals surface area (Å²) in [5.41, 5.74) is 5.51. The highest BCUT2D eigenvalue weighted by molar-refractivity contribution is 9.09. The van der Waals surface area contributed by atoms with Crippen LogP contribution in [-0.4, -0.2) is 22.1 Å². The van der Waals surface area contributed by atoms with Gasteiger partial charge in [0.05, 0.1) is 0 Å². The number of amides is 1. The predicted molar refractivity (Wildman–Crippen MR) is 73.4 cm³/mol. The zero-order chi connectivity index (χ0) is 13.5. The lowest BCUT2D eigenvalue weighted by Gasteiger charge is -2.17. The van der Waals surface area contributed by atoms with Crippen LogP contribution in [0.1, 0.15) is 13.3 Å². The van der Waals surface area contributed by atoms with Crippen molar-refractivity contribution in [1.82, 2.24) is 0 Å². The molecule has 0 saturated carbocycles. The number of halogens is 1. The quantitative estimate of drug-likeness (QED) is 0.623. The number of benzene rings is 1. The molecule has 0 saturated heterocycles. The van der Waals surface area contributed by atoms with Crippen molar-refractivity contribution < 1.29 is 14.6 Å². The molecule has 0 aliphatic rings. The van der Waals surface area contributed by atoms with Crippen LogP contribution < -0.4 is 10.5 Å². The van der Waals surface area contributed by atoms with Gasteiger partial charge in [0, 0.05) is 5.57 Å². The number of alkyl halides is 1. The van der Waals surface area contributed by atoms with E-state index in [1.54, 1.807) is 25.1 Å². The monoisotopic (exact) mass is 313 g/mol. The van der Waals surface area contributed by atoms with Gasteiger partial charge >= 0.3 is 0 Å². The fourth-order valence-corrected chi connectivity index (χ4v) is 1.64. The molecule has 0 radical (unpaired) electrons. The molecule has 0 fully saturated rings. The van der Waals surface area contributed by atoms with Crippen LogP contribution in [0, 0.1) is 0 Å². The molecule has 1 amide bonds. The summed E-state index contributed by atoms with van der Waals surface area (Å²) in [6.45, 7) is 1.61. The Kier molecular flexibility index (Phi) is 5.88. The Morgan fingerprint density at radius 3 is 2.67 bits per heavy atom. The SMILES string of the molecule is C/C(=C\CC(O)C(Br)Oc1ccccc1)C(N)=O. The second-order valence-corrected chi connectivity index (χ2v) is 4.74. The molecule has 0 aromatic heterocycles. The molecule has 0 aliphatic heterocycles. The first kappa shape index (κ1) is 14.7. The van der Waals surface area contributed by atoms with Gasteiger partial charge in [0.1, 0.15) is 11.9 Å². The van der Waals surface area contributed by atoms with Crippen molar-refractivity contribution in [2.45, 2.75) is 24.5 Å². The van der Waals surface area contributed by atoms with Crippen LogP contribution in [-0.2, 0) is 4.79 Å². The third kappa shape index (κ3) is 4.89. The van der Waals surface area contributed by atoms with Gasteiger partial charge in [-0.25, -0.2) is 0 Å². The van der Waals surface area contributed by atoms with Gasteiger partial charge in [0.25, 0.3) is 0 Å². The highest BCUT2D eigenvalue weighted by atomic mass is 79.9. The molecule has 0 aliphatic carbocycles. The fraction of sp³-hybridized carbons (Fsp3) is 0.308. The number of carbonyl (C=O) groups is 1. The van der Waals surface area contributed by atoms with Gasteiger partial charge in [-0.15, -0.1) is 0 Å². The molecule has 0 heterocycles. The number of hydrogen-bond donors (Lipinski definition) is 2. The molecule has 3 N–H and O–H groups in total. The maximum atomic E-state index is 10.8. The molecule has 4 nitrogen and oxygen atoms in total. The Bertz CT molecular complexity index is 420. The van der Waals surface area contributed by atoms with Gasteiger partial charge in [-0.1, -0.05) is 24.3 Å². The summed E-state index contributed by atoms with van der Waals surface area (Å²) in [5.74, 6) is 0.173. The van der Waals surface area contributed by atoms with E-state index in [4.69, 9.17) is 10.5 Å². The number of rotatable bonds is 6. The summed E-state index contributed by atoms with van der Waals surface area (Å²) in [6.07, 6.45) is 1.12. The van der Waals surface area contributed by atoms with E-state index >= 15 is 0 Å². The third-order valence-corrected chi connectivity index (χ3v) is 3.15. The minimum Gasteiger partial charge on any atom is -0.476 e. The second-order valence-electron chi connectivity index (χ2n) is 3.84. The van der Waals surface area contributed by atoms with E-state index in [9.17, 15) is 9.90 Å². The number of para-hydroxylation sites is 1. The van der Waals surface area contributed by atoms with E-state index in [0.717, 1.165) is 0 Å². The van der Waals surface area contributed by atoms with E-state index in [-0.39, 0.29) is 6.42 Å². The van der Waals surface area contributed by atoms with Crippen LogP contribution >= 0.6 is 15.9 Å². The average molecular weight is 314 g/mol. The molecule has 18 heavy (non-hydrogen) atoms. The Balaban J connectivity index is 2.49. The highest BCUT2D eigenvalue weighted by Crippen LogP contribution is 2.18. The summed E-state index contributed by atoms with van der Waals surface area (Å²) in [4.78, 5) is 10.8. The summed E-state index contributed by atoms with van der Waals surface area (Å²) in [6, 6.07) is 9.17. The second kappa shape index (κ2) is 7.18. The summed E-state index contributed by atoms with van der Waals surface area (Å²) in [5, 5.41) is 9.30. The summed E-state index contributed by atoms with van der Waals surface area (Å²) < 4.78 is 5.49. The van der Waals surface area contributed by atoms with Crippen molar-refractivity contribution in [3.05, 3.63) is 42.0 Å². The smallest absolute Gasteiger partial charge is 0.244 e. The van der Waals surface area contributed by atoms with Crippen molar-refractivity contribution in [3.63, 3.8) is 0 Å². The average Bonchev–Trinajstić information content (AvgIpc) is 2.36. The molecule has 1 aromatic carbocycles. The molecular formula is C13H16BrNO3. The van der Waals surface area contributed by atoms with Crippen LogP contribution in [0.15, 0.2) is 42.0 Å². The Morgan fingerprint density at radius 2 is 2.11 bits per heavy atom. The highest BCUT2D eigenvalue weighted by Gasteiger charge is 2.16. The number of aliphatic hydroxyl groups excluding tert-OH is 1. The van der Waals surface area contributed by atoms with Crippen molar-refractivity contribution in [2.75, 3.05) is 0 Å². The van der Waals surface area contributed by atoms with Crippen LogP contribution in [0.5, 0.6) is 5.75 Å². The van der Waals surface area contributed by atoms with Gasteiger partial charge in [0.2, 0.25) is 5.91 Å². The van der Waals surface area contributed by atoms with Crippen LogP contribution in [0.4, 0.5) is 0 Å². The van der Waals surface area contributed by atoms with E-state index in [1.807, 2.05) is 18.2 Å². The lowest BCUT2D eigenvalue weighted by atomic mass is 10.2. The Morgan fingerprint density at radius 1 is 1.50 bits per heavy atom. The van der Waals surface area contributed by atoms with Crippen molar-refractivity contribution in [3.8, 4) is 5.75 Å². The van der Waals surface area contributed by atoms with Gasteiger partial charge in [-0.05, 0) is 41.4 Å². The third-order valence-electron chi connectivity index (χ3n) is 2.35. The summed E-state index contributed by atoms with van der Waals surface area (Å²) in [7, 11) is 0. The number of ether oxygens (including phenoxy) is 1. The van der Waals surface area contributed by atoms with Crippen LogP contribution in [0.2, 0.25) is 0 Å². The van der Waals surface area contributed by atoms with Crippen molar-refractivity contribution in [1.29, 1.82) is 0 Å². The van der Waals surface area contributed by atoms with Gasteiger partial charge in [-0.2, -0.15) is 0 Å². The maximum absolute atomic E-state index is 10.8. The lowest BCUT2D eigenvalue weighted by Crippen LogP contribution is -2.25. The number of nitrogens with two attached hydrogens (primary N) is 1. The van der Waals surface area contributed by atoms with Crippen LogP contribution in [0.25, 0.3) is 0 Å². The standard InChI is InChI=1S/C13H16BrNO3/c1-9(13(15)17)7-8-11(16)12(14)18-10-5-3-2-4-6-10/h2-7,11-12,16H,8H2,1H3,(H2,15,17)/b9-7+. The number of carbonyl (C=O) groups excluding carboxylic acids is 1. The van der Waals surface area contributed by atoms with Gasteiger partial charge < -0.3 is 15.6 Å². The number of aliphatic hydroxyl groups is 1. The molecule has 5 heteroatoms. The first-order chi connectivity index (χ1) is 8.50. The molecular weight excluding hydrogens is 298 g/mol. The minimum atomic E-state index is -0.764. The molecule has 0 bridgehead atoms. The maximum Gasteiger partial charge on any atom is 0.244 e. The van der Waals surface area contributed by atoms with E-state index in [1.165, 1.54) is 0 Å². The predicted octanol–water partition coefficient (Wildman–Crippen LogP) is 1.97. The number of hydrogen-bond acceptors (Lipinski definition) is 3. The van der Waals surface area contributed by atoms with Gasteiger partial charge in [-0.3, -0.25) is 4.79 Å². The topological polar surface area (TPSA) is 72.6 Å². The van der Waals surface area contributed by atoms with Crippen molar-refractivity contribution in [2.24, 2.45) is 5.73 Å². The molecule has 2 atom stereocenters. The fourth-order valence-electron chi connectivity index (χ4n) is 1.21. The normalized spacial score (nSPS) is 14.9. The minimum absolute atomic E-state index is 0.289. The van der Waals surface area contributed by atoms with Gasteiger partial charge in [0.15, 0.2) is 5.01 Å². The van der Waals surface area contributed by atoms with E-state index in [0.29, 0.717) is 11.3 Å². The molecule has 0 spiro atoms. The van der Waals surface area contributed by atoms with E-state index in [2.05, 4.69) is 15.9 Å². The summed E-state index contributed by atoms with van der Waals surface area (Å²) >= 11 is 3.25. The largest absolute Gasteiger partial charge is 0.476 e. The first-order valence-electron chi connectivity index (χ1n) is 5.51. The van der Waals surface area contributed by atoms with Crippen molar-refractivity contribution >= 4 is 21.8 Å². The molecule has 1 aromatic rings. The lowest BCUT2D eigenvalue weighted by molar-refractivity contribution is -0.114. The zero-order valence-corrected chi connectivity index (χ0v) is 11.6. The Hall–Kier alpha value is -1.33. The van der Waals surface area contributed by atoms with Crippen LogP contribution in [0.3, 0.4) is 0 Å². The zero-order valence-electron chi connectivity index (χ0n) is 10.0. The molecule has 1 rings (SSSR count). The molecule has 98 valence electrons. The Labute approximate surface area is 115 Å².